The van der Waals surface area contributed by atoms with Gasteiger partial charge in [-0.1, -0.05) is 13.8 Å². The molecular formula is C19H25N5O2. The number of hydrogen-bond acceptors (Lipinski definition) is 5. The Morgan fingerprint density at radius 3 is 2.73 bits per heavy atom. The molecular weight excluding hydrogens is 330 g/mol. The molecule has 3 aromatic heterocycles. The van der Waals surface area contributed by atoms with Crippen LogP contribution < -0.4 is 5.32 Å². The van der Waals surface area contributed by atoms with Gasteiger partial charge in [0.05, 0.1) is 18.0 Å². The summed E-state index contributed by atoms with van der Waals surface area (Å²) in [6.07, 6.45) is 1.66. The summed E-state index contributed by atoms with van der Waals surface area (Å²) in [4.78, 5) is 19.4. The predicted octanol–water partition coefficient (Wildman–Crippen LogP) is 2.75. The third kappa shape index (κ3) is 3.62. The second kappa shape index (κ2) is 7.70. The predicted molar refractivity (Wildman–Crippen MR) is 99.2 cm³/mol. The van der Waals surface area contributed by atoms with E-state index in [4.69, 9.17) is 4.42 Å². The van der Waals surface area contributed by atoms with Gasteiger partial charge in [0.15, 0.2) is 5.65 Å². The van der Waals surface area contributed by atoms with Gasteiger partial charge in [-0.3, -0.25) is 9.69 Å². The van der Waals surface area contributed by atoms with E-state index in [9.17, 15) is 4.79 Å². The Morgan fingerprint density at radius 2 is 2.08 bits per heavy atom. The molecule has 0 saturated carbocycles. The van der Waals surface area contributed by atoms with Gasteiger partial charge in [0.1, 0.15) is 11.5 Å². The Kier molecular flexibility index (Phi) is 5.37. The molecule has 26 heavy (non-hydrogen) atoms. The van der Waals surface area contributed by atoms with Crippen LogP contribution in [0.2, 0.25) is 0 Å². The van der Waals surface area contributed by atoms with Crippen molar-refractivity contribution in [2.75, 3.05) is 19.6 Å². The van der Waals surface area contributed by atoms with Gasteiger partial charge in [0.2, 0.25) is 0 Å². The smallest absolute Gasteiger partial charge is 0.270 e. The third-order valence-corrected chi connectivity index (χ3v) is 4.54. The van der Waals surface area contributed by atoms with Crippen molar-refractivity contribution in [3.05, 3.63) is 53.4 Å². The number of nitrogens with zero attached hydrogens (tertiary/aromatic N) is 4. The number of carbonyl (C=O) groups is 1. The molecule has 7 heteroatoms. The molecule has 3 aromatic rings. The van der Waals surface area contributed by atoms with E-state index in [1.807, 2.05) is 32.0 Å². The Hall–Kier alpha value is -2.67. The normalized spacial score (nSPS) is 12.7. The highest BCUT2D eigenvalue weighted by molar-refractivity contribution is 5.92. The molecule has 7 nitrogen and oxygen atoms in total. The molecule has 1 atom stereocenters. The van der Waals surface area contributed by atoms with Crippen LogP contribution in [0.1, 0.15) is 47.5 Å². The van der Waals surface area contributed by atoms with Crippen molar-refractivity contribution in [3.63, 3.8) is 0 Å². The maximum absolute atomic E-state index is 12.7. The lowest BCUT2D eigenvalue weighted by atomic mass is 10.1. The molecule has 0 aromatic carbocycles. The fourth-order valence-electron chi connectivity index (χ4n) is 3.19. The number of likely N-dealkylation sites (N-methyl/N-ethyl adjacent to an activating group) is 1. The van der Waals surface area contributed by atoms with Gasteiger partial charge in [-0.15, -0.1) is 0 Å². The zero-order valence-electron chi connectivity index (χ0n) is 15.7. The Morgan fingerprint density at radius 1 is 1.31 bits per heavy atom. The van der Waals surface area contributed by atoms with E-state index in [0.717, 1.165) is 30.2 Å². The maximum Gasteiger partial charge on any atom is 0.270 e. The second-order valence-corrected chi connectivity index (χ2v) is 6.30. The van der Waals surface area contributed by atoms with Crippen molar-refractivity contribution in [1.29, 1.82) is 0 Å². The van der Waals surface area contributed by atoms with Crippen LogP contribution in [-0.4, -0.2) is 45.0 Å². The lowest BCUT2D eigenvalue weighted by Gasteiger charge is -2.28. The number of carbonyl (C=O) groups excluding carboxylic acids is 1. The lowest BCUT2D eigenvalue weighted by molar-refractivity contribution is 0.0924. The number of hydrogen-bond donors (Lipinski definition) is 1. The van der Waals surface area contributed by atoms with Crippen molar-refractivity contribution in [2.24, 2.45) is 0 Å². The van der Waals surface area contributed by atoms with Crippen LogP contribution in [-0.2, 0) is 0 Å². The Labute approximate surface area is 153 Å². The monoisotopic (exact) mass is 355 g/mol. The molecule has 0 aliphatic rings. The van der Waals surface area contributed by atoms with Gasteiger partial charge in [0.25, 0.3) is 5.91 Å². The van der Waals surface area contributed by atoms with Crippen LogP contribution in [0.3, 0.4) is 0 Å². The maximum atomic E-state index is 12.7. The van der Waals surface area contributed by atoms with Crippen molar-refractivity contribution in [2.45, 2.75) is 33.7 Å². The summed E-state index contributed by atoms with van der Waals surface area (Å²) in [6, 6.07) is 7.43. The summed E-state index contributed by atoms with van der Waals surface area (Å²) in [7, 11) is 0. The van der Waals surface area contributed by atoms with Gasteiger partial charge in [-0.05, 0) is 45.1 Å². The van der Waals surface area contributed by atoms with Gasteiger partial charge in [-0.25, -0.2) is 9.50 Å². The summed E-state index contributed by atoms with van der Waals surface area (Å²) in [5.74, 6) is 0.651. The molecule has 0 bridgehead atoms. The van der Waals surface area contributed by atoms with Crippen LogP contribution in [0.5, 0.6) is 0 Å². The zero-order chi connectivity index (χ0) is 18.7. The highest BCUT2D eigenvalue weighted by Crippen LogP contribution is 2.20. The third-order valence-electron chi connectivity index (χ3n) is 4.54. The number of nitrogens with one attached hydrogen (secondary N) is 1. The van der Waals surface area contributed by atoms with Crippen molar-refractivity contribution >= 4 is 11.6 Å². The average molecular weight is 355 g/mol. The first-order valence-electron chi connectivity index (χ1n) is 8.93. The molecule has 1 N–H and O–H groups in total. The topological polar surface area (TPSA) is 75.7 Å². The SMILES string of the molecule is CCN(CC)C(CNC(=O)c1cc(C)n2nc(C)cc2n1)c1ccco1. The molecule has 0 saturated heterocycles. The number of aryl methyl sites for hydroxylation is 2. The fourth-order valence-corrected chi connectivity index (χ4v) is 3.19. The minimum absolute atomic E-state index is 0.00834. The second-order valence-electron chi connectivity index (χ2n) is 6.30. The van der Waals surface area contributed by atoms with Gasteiger partial charge >= 0.3 is 0 Å². The van der Waals surface area contributed by atoms with E-state index in [2.05, 4.69) is 34.1 Å². The fraction of sp³-hybridized carbons (Fsp3) is 0.421. The van der Waals surface area contributed by atoms with E-state index in [1.54, 1.807) is 16.8 Å². The number of fused-ring (bicyclic) bond motifs is 1. The minimum atomic E-state index is -0.196. The number of rotatable bonds is 7. The van der Waals surface area contributed by atoms with Crippen LogP contribution >= 0.6 is 0 Å². The van der Waals surface area contributed by atoms with Crippen LogP contribution in [0.15, 0.2) is 34.9 Å². The first kappa shape index (κ1) is 18.1. The van der Waals surface area contributed by atoms with E-state index >= 15 is 0 Å². The minimum Gasteiger partial charge on any atom is -0.468 e. The van der Waals surface area contributed by atoms with Gasteiger partial charge in [-0.2, -0.15) is 5.10 Å². The molecule has 0 aliphatic carbocycles. The summed E-state index contributed by atoms with van der Waals surface area (Å²) < 4.78 is 7.32. The molecule has 1 unspecified atom stereocenters. The standard InChI is InChI=1S/C19H25N5O2/c1-5-23(6-2)16(17-8-7-9-26-17)12-20-19(25)15-11-14(4)24-18(21-15)10-13(3)22-24/h7-11,16H,5-6,12H2,1-4H3,(H,20,25). The summed E-state index contributed by atoms with van der Waals surface area (Å²) in [5.41, 5.74) is 2.82. The highest BCUT2D eigenvalue weighted by atomic mass is 16.3. The van der Waals surface area contributed by atoms with Crippen molar-refractivity contribution in [3.8, 4) is 0 Å². The van der Waals surface area contributed by atoms with E-state index < -0.39 is 0 Å². The molecule has 0 spiro atoms. The average Bonchev–Trinajstić information content (AvgIpc) is 3.27. The summed E-state index contributed by atoms with van der Waals surface area (Å²) >= 11 is 0. The first-order chi connectivity index (χ1) is 12.5. The number of furan rings is 1. The van der Waals surface area contributed by atoms with Crippen LogP contribution in [0, 0.1) is 13.8 Å². The molecule has 1 amide bonds. The number of aromatic nitrogens is 3. The Balaban J connectivity index is 1.78. The highest BCUT2D eigenvalue weighted by Gasteiger charge is 2.22. The van der Waals surface area contributed by atoms with Gasteiger partial charge in [0, 0.05) is 18.3 Å². The number of amides is 1. The van der Waals surface area contributed by atoms with Crippen LogP contribution in [0.25, 0.3) is 5.65 Å². The van der Waals surface area contributed by atoms with E-state index in [-0.39, 0.29) is 11.9 Å². The molecule has 0 aliphatic heterocycles. The van der Waals surface area contributed by atoms with Crippen molar-refractivity contribution in [1.82, 2.24) is 24.8 Å². The Bertz CT molecular complexity index is 881. The molecule has 3 heterocycles. The van der Waals surface area contributed by atoms with Gasteiger partial charge < -0.3 is 9.73 Å². The first-order valence-corrected chi connectivity index (χ1v) is 8.93. The molecule has 0 fully saturated rings. The molecule has 138 valence electrons. The zero-order valence-corrected chi connectivity index (χ0v) is 15.7. The quantitative estimate of drug-likeness (QED) is 0.705. The molecule has 0 radical (unpaired) electrons. The van der Waals surface area contributed by atoms with E-state index in [0.29, 0.717) is 17.9 Å². The van der Waals surface area contributed by atoms with Crippen molar-refractivity contribution < 1.29 is 9.21 Å². The van der Waals surface area contributed by atoms with E-state index in [1.165, 1.54) is 0 Å². The summed E-state index contributed by atoms with van der Waals surface area (Å²) in [6.45, 7) is 10.2. The largest absolute Gasteiger partial charge is 0.468 e. The summed E-state index contributed by atoms with van der Waals surface area (Å²) in [5, 5.41) is 7.37. The lowest BCUT2D eigenvalue weighted by Crippen LogP contribution is -2.38. The van der Waals surface area contributed by atoms with Crippen LogP contribution in [0.4, 0.5) is 0 Å². The molecule has 3 rings (SSSR count).